The molecule has 0 spiro atoms. The molecule has 3 heteroatoms. The van der Waals surface area contributed by atoms with Gasteiger partial charge in [-0.1, -0.05) is 5.92 Å². The van der Waals surface area contributed by atoms with Gasteiger partial charge in [-0.15, -0.1) is 0 Å². The molecule has 1 heterocycles. The zero-order valence-corrected chi connectivity index (χ0v) is 6.58. The van der Waals surface area contributed by atoms with Crippen molar-refractivity contribution < 1.29 is 9.50 Å². The third-order valence-electron chi connectivity index (χ3n) is 1.14. The van der Waals surface area contributed by atoms with Gasteiger partial charge in [-0.3, -0.25) is 0 Å². The zero-order valence-electron chi connectivity index (χ0n) is 6.58. The first-order chi connectivity index (χ1) is 5.68. The molecule has 1 rings (SSSR count). The molecule has 0 aliphatic heterocycles. The lowest BCUT2D eigenvalue weighted by atomic mass is 10.3. The van der Waals surface area contributed by atoms with E-state index in [0.29, 0.717) is 5.69 Å². The van der Waals surface area contributed by atoms with Crippen molar-refractivity contribution in [3.8, 4) is 11.8 Å². The fourth-order valence-electron chi connectivity index (χ4n) is 0.628. The Balaban J connectivity index is 2.79. The molecule has 1 aromatic rings. The average Bonchev–Trinajstić information content (AvgIpc) is 2.03. The van der Waals surface area contributed by atoms with E-state index in [0.717, 1.165) is 6.20 Å². The Morgan fingerprint density at radius 3 is 2.83 bits per heavy atom. The van der Waals surface area contributed by atoms with Gasteiger partial charge in [0.05, 0.1) is 6.20 Å². The van der Waals surface area contributed by atoms with Crippen molar-refractivity contribution in [2.45, 2.75) is 13.0 Å². The van der Waals surface area contributed by atoms with E-state index < -0.39 is 11.9 Å². The molecule has 12 heavy (non-hydrogen) atoms. The molecule has 1 unspecified atom stereocenters. The highest BCUT2D eigenvalue weighted by Gasteiger charge is 1.90. The molecule has 0 amide bonds. The highest BCUT2D eigenvalue weighted by molar-refractivity contribution is 5.27. The van der Waals surface area contributed by atoms with Crippen LogP contribution in [0.15, 0.2) is 18.3 Å². The summed E-state index contributed by atoms with van der Waals surface area (Å²) in [5.41, 5.74) is 0.456. The van der Waals surface area contributed by atoms with Gasteiger partial charge in [0.25, 0.3) is 0 Å². The summed E-state index contributed by atoms with van der Waals surface area (Å²) in [7, 11) is 0. The quantitative estimate of drug-likeness (QED) is 0.581. The second-order valence-corrected chi connectivity index (χ2v) is 2.31. The molecular weight excluding hydrogens is 157 g/mol. The maximum absolute atomic E-state index is 12.3. The summed E-state index contributed by atoms with van der Waals surface area (Å²) in [6.07, 6.45) is 0.406. The van der Waals surface area contributed by atoms with Crippen LogP contribution in [-0.2, 0) is 0 Å². The van der Waals surface area contributed by atoms with Gasteiger partial charge in [0.15, 0.2) is 0 Å². The molecule has 0 aliphatic rings. The molecule has 2 nitrogen and oxygen atoms in total. The molecule has 0 aromatic carbocycles. The van der Waals surface area contributed by atoms with Crippen LogP contribution < -0.4 is 0 Å². The van der Waals surface area contributed by atoms with Crippen molar-refractivity contribution in [3.05, 3.63) is 29.8 Å². The van der Waals surface area contributed by atoms with E-state index in [2.05, 4.69) is 16.8 Å². The number of pyridine rings is 1. The van der Waals surface area contributed by atoms with Crippen LogP contribution in [0.4, 0.5) is 4.39 Å². The maximum atomic E-state index is 12.3. The molecule has 1 N–H and O–H groups in total. The Labute approximate surface area is 70.1 Å². The Kier molecular flexibility index (Phi) is 2.78. The van der Waals surface area contributed by atoms with Crippen LogP contribution in [0.3, 0.4) is 0 Å². The summed E-state index contributed by atoms with van der Waals surface area (Å²) in [4.78, 5) is 3.69. The highest BCUT2D eigenvalue weighted by atomic mass is 19.1. The van der Waals surface area contributed by atoms with Gasteiger partial charge in [-0.05, 0) is 25.0 Å². The van der Waals surface area contributed by atoms with Gasteiger partial charge < -0.3 is 5.11 Å². The number of aromatic nitrogens is 1. The third kappa shape index (κ3) is 2.69. The summed E-state index contributed by atoms with van der Waals surface area (Å²) in [5.74, 6) is 4.70. The van der Waals surface area contributed by atoms with Crippen molar-refractivity contribution in [1.82, 2.24) is 4.98 Å². The van der Waals surface area contributed by atoms with Crippen molar-refractivity contribution >= 4 is 0 Å². The summed E-state index contributed by atoms with van der Waals surface area (Å²) < 4.78 is 12.3. The van der Waals surface area contributed by atoms with Crippen molar-refractivity contribution in [1.29, 1.82) is 0 Å². The van der Waals surface area contributed by atoms with Crippen LogP contribution in [0.25, 0.3) is 0 Å². The first-order valence-electron chi connectivity index (χ1n) is 3.49. The summed E-state index contributed by atoms with van der Waals surface area (Å²) in [6.45, 7) is 1.55. The molecular formula is C9H8FNO. The first kappa shape index (κ1) is 8.69. The molecule has 62 valence electrons. The van der Waals surface area contributed by atoms with Crippen LogP contribution in [0.2, 0.25) is 0 Å². The van der Waals surface area contributed by atoms with Crippen LogP contribution in [-0.4, -0.2) is 16.2 Å². The summed E-state index contributed by atoms with van der Waals surface area (Å²) >= 11 is 0. The lowest BCUT2D eigenvalue weighted by Gasteiger charge is -1.89. The fourth-order valence-corrected chi connectivity index (χ4v) is 0.628. The van der Waals surface area contributed by atoms with Gasteiger partial charge in [0, 0.05) is 0 Å². The van der Waals surface area contributed by atoms with Gasteiger partial charge in [-0.2, -0.15) is 0 Å². The SMILES string of the molecule is CC(O)C#Cc1ccc(F)cn1. The number of rotatable bonds is 0. The molecule has 1 atom stereocenters. The minimum atomic E-state index is -0.683. The molecule has 0 saturated heterocycles. The van der Waals surface area contributed by atoms with Crippen LogP contribution in [0, 0.1) is 17.7 Å². The molecule has 0 aliphatic carbocycles. The fraction of sp³-hybridized carbons (Fsp3) is 0.222. The zero-order chi connectivity index (χ0) is 8.97. The van der Waals surface area contributed by atoms with E-state index in [1.165, 1.54) is 12.1 Å². The van der Waals surface area contributed by atoms with Crippen LogP contribution in [0.5, 0.6) is 0 Å². The standard InChI is InChI=1S/C9H8FNO/c1-7(12)2-4-9-5-3-8(10)6-11-9/h3,5-7,12H,1H3. The smallest absolute Gasteiger partial charge is 0.141 e. The lowest BCUT2D eigenvalue weighted by Crippen LogP contribution is -1.93. The number of aliphatic hydroxyl groups excluding tert-OH is 1. The van der Waals surface area contributed by atoms with Gasteiger partial charge >= 0.3 is 0 Å². The van der Waals surface area contributed by atoms with Crippen molar-refractivity contribution in [2.24, 2.45) is 0 Å². The first-order valence-corrected chi connectivity index (χ1v) is 3.49. The summed E-state index contributed by atoms with van der Waals surface area (Å²) in [5, 5.41) is 8.79. The minimum absolute atomic E-state index is 0.391. The van der Waals surface area contributed by atoms with Crippen molar-refractivity contribution in [3.63, 3.8) is 0 Å². The van der Waals surface area contributed by atoms with E-state index >= 15 is 0 Å². The van der Waals surface area contributed by atoms with E-state index in [1.807, 2.05) is 0 Å². The van der Waals surface area contributed by atoms with Crippen molar-refractivity contribution in [2.75, 3.05) is 0 Å². The number of aliphatic hydroxyl groups is 1. The maximum Gasteiger partial charge on any atom is 0.141 e. The monoisotopic (exact) mass is 165 g/mol. The molecule has 0 bridgehead atoms. The van der Waals surface area contributed by atoms with Gasteiger partial charge in [0.2, 0.25) is 0 Å². The number of hydrogen-bond donors (Lipinski definition) is 1. The number of halogens is 1. The Morgan fingerprint density at radius 1 is 1.58 bits per heavy atom. The van der Waals surface area contributed by atoms with E-state index in [9.17, 15) is 4.39 Å². The van der Waals surface area contributed by atoms with Gasteiger partial charge in [-0.25, -0.2) is 9.37 Å². The Hall–Kier alpha value is -1.40. The molecule has 0 radical (unpaired) electrons. The topological polar surface area (TPSA) is 33.1 Å². The summed E-state index contributed by atoms with van der Waals surface area (Å²) in [6, 6.07) is 2.74. The predicted octanol–water partition coefficient (Wildman–Crippen LogP) is 0.953. The molecule has 1 aromatic heterocycles. The normalized spacial score (nSPS) is 11.6. The molecule has 0 fully saturated rings. The largest absolute Gasteiger partial charge is 0.381 e. The second kappa shape index (κ2) is 3.84. The minimum Gasteiger partial charge on any atom is -0.381 e. The van der Waals surface area contributed by atoms with Gasteiger partial charge in [0.1, 0.15) is 17.6 Å². The molecule has 0 saturated carbocycles. The number of hydrogen-bond acceptors (Lipinski definition) is 2. The van der Waals surface area contributed by atoms with Crippen LogP contribution in [0.1, 0.15) is 12.6 Å². The van der Waals surface area contributed by atoms with Crippen LogP contribution >= 0.6 is 0 Å². The average molecular weight is 165 g/mol. The Bertz CT molecular complexity index is 308. The second-order valence-electron chi connectivity index (χ2n) is 2.31. The van der Waals surface area contributed by atoms with E-state index in [4.69, 9.17) is 5.11 Å². The Morgan fingerprint density at radius 2 is 2.33 bits per heavy atom. The third-order valence-corrected chi connectivity index (χ3v) is 1.14. The highest BCUT2D eigenvalue weighted by Crippen LogP contribution is 1.95. The van der Waals surface area contributed by atoms with E-state index in [-0.39, 0.29) is 0 Å². The predicted molar refractivity (Wildman–Crippen MR) is 42.8 cm³/mol. The number of nitrogens with zero attached hydrogens (tertiary/aromatic N) is 1. The van der Waals surface area contributed by atoms with E-state index in [1.54, 1.807) is 6.92 Å². The lowest BCUT2D eigenvalue weighted by molar-refractivity contribution is 0.253.